The minimum absolute atomic E-state index is 0.502. The molecule has 0 radical (unpaired) electrons. The standard InChI is InChI=1S/C20H21N3.C2H6/c1-3-13(2)18-12-14-8-4-5-9-15(14)19-20(22-23-21-19)17-11-7-6-10-16(17)18;1-2/h4-11,13,18H,3,12H2,1-2H3,(H,21,22,23);1-2H3. The third-order valence-electron chi connectivity index (χ3n) is 5.21. The Morgan fingerprint density at radius 3 is 2.28 bits per heavy atom. The first kappa shape index (κ1) is 17.4. The molecule has 0 aliphatic heterocycles. The average Bonchev–Trinajstić information content (AvgIpc) is 3.15. The summed E-state index contributed by atoms with van der Waals surface area (Å²) in [6.07, 6.45) is 2.22. The molecule has 3 heteroatoms. The lowest BCUT2D eigenvalue weighted by Crippen LogP contribution is -2.15. The van der Waals surface area contributed by atoms with Crippen molar-refractivity contribution in [1.29, 1.82) is 0 Å². The van der Waals surface area contributed by atoms with Crippen molar-refractivity contribution in [2.24, 2.45) is 5.92 Å². The Kier molecular flexibility index (Phi) is 5.32. The largest absolute Gasteiger partial charge is 0.197 e. The summed E-state index contributed by atoms with van der Waals surface area (Å²) < 4.78 is 0. The van der Waals surface area contributed by atoms with Gasteiger partial charge in [0.15, 0.2) is 0 Å². The molecule has 2 atom stereocenters. The quantitative estimate of drug-likeness (QED) is 0.639. The lowest BCUT2D eigenvalue weighted by atomic mass is 9.76. The number of hydrogen-bond donors (Lipinski definition) is 1. The van der Waals surface area contributed by atoms with Crippen LogP contribution < -0.4 is 0 Å². The van der Waals surface area contributed by atoms with Gasteiger partial charge in [-0.3, -0.25) is 0 Å². The maximum atomic E-state index is 4.48. The summed E-state index contributed by atoms with van der Waals surface area (Å²) in [7, 11) is 0. The fourth-order valence-corrected chi connectivity index (χ4v) is 3.71. The second kappa shape index (κ2) is 7.64. The van der Waals surface area contributed by atoms with E-state index >= 15 is 0 Å². The van der Waals surface area contributed by atoms with E-state index in [1.165, 1.54) is 28.7 Å². The molecule has 130 valence electrons. The predicted molar refractivity (Wildman–Crippen MR) is 105 cm³/mol. The number of hydrogen-bond acceptors (Lipinski definition) is 2. The lowest BCUT2D eigenvalue weighted by Gasteiger charge is -2.28. The molecule has 0 bridgehead atoms. The molecule has 0 saturated heterocycles. The number of nitrogens with one attached hydrogen (secondary N) is 1. The molecule has 3 aromatic rings. The number of H-pyrrole nitrogens is 1. The molecule has 0 saturated carbocycles. The smallest absolute Gasteiger partial charge is 0.121 e. The molecule has 4 rings (SSSR count). The van der Waals surface area contributed by atoms with E-state index < -0.39 is 0 Å². The number of nitrogens with zero attached hydrogens (tertiary/aromatic N) is 2. The van der Waals surface area contributed by atoms with Crippen molar-refractivity contribution >= 4 is 0 Å². The van der Waals surface area contributed by atoms with Crippen molar-refractivity contribution < 1.29 is 0 Å². The first-order valence-corrected chi connectivity index (χ1v) is 9.38. The summed E-state index contributed by atoms with van der Waals surface area (Å²) in [6, 6.07) is 17.3. The molecule has 1 aliphatic carbocycles. The Balaban J connectivity index is 0.000000880. The molecule has 0 amide bonds. The van der Waals surface area contributed by atoms with Crippen LogP contribution >= 0.6 is 0 Å². The number of aromatic nitrogens is 3. The Morgan fingerprint density at radius 2 is 1.56 bits per heavy atom. The Labute approximate surface area is 150 Å². The molecule has 2 aromatic carbocycles. The van der Waals surface area contributed by atoms with E-state index in [9.17, 15) is 0 Å². The highest BCUT2D eigenvalue weighted by Gasteiger charge is 2.28. The number of fused-ring (bicyclic) bond motifs is 5. The van der Waals surface area contributed by atoms with Crippen LogP contribution in [0.25, 0.3) is 22.5 Å². The van der Waals surface area contributed by atoms with Gasteiger partial charge >= 0.3 is 0 Å². The monoisotopic (exact) mass is 333 g/mol. The van der Waals surface area contributed by atoms with Gasteiger partial charge in [0.05, 0.1) is 0 Å². The summed E-state index contributed by atoms with van der Waals surface area (Å²) in [5.41, 5.74) is 7.13. The number of aromatic amines is 1. The van der Waals surface area contributed by atoms with E-state index in [1.54, 1.807) is 0 Å². The van der Waals surface area contributed by atoms with Crippen LogP contribution in [-0.4, -0.2) is 15.4 Å². The molecule has 1 aromatic heterocycles. The number of rotatable bonds is 2. The molecule has 3 nitrogen and oxygen atoms in total. The van der Waals surface area contributed by atoms with Crippen molar-refractivity contribution in [2.45, 2.75) is 46.5 Å². The van der Waals surface area contributed by atoms with E-state index in [-0.39, 0.29) is 0 Å². The van der Waals surface area contributed by atoms with Gasteiger partial charge in [0.2, 0.25) is 0 Å². The molecule has 25 heavy (non-hydrogen) atoms. The van der Waals surface area contributed by atoms with Crippen LogP contribution in [0.3, 0.4) is 0 Å². The maximum absolute atomic E-state index is 4.48. The molecule has 2 unspecified atom stereocenters. The van der Waals surface area contributed by atoms with Gasteiger partial charge in [0.25, 0.3) is 0 Å². The molecule has 1 aliphatic rings. The van der Waals surface area contributed by atoms with Crippen molar-refractivity contribution in [3.8, 4) is 22.5 Å². The Bertz CT molecular complexity index is 835. The van der Waals surface area contributed by atoms with Crippen molar-refractivity contribution in [3.63, 3.8) is 0 Å². The van der Waals surface area contributed by atoms with Crippen molar-refractivity contribution in [3.05, 3.63) is 59.7 Å². The minimum Gasteiger partial charge on any atom is -0.197 e. The maximum Gasteiger partial charge on any atom is 0.121 e. The normalized spacial score (nSPS) is 16.2. The second-order valence-corrected chi connectivity index (χ2v) is 6.46. The molecule has 0 spiro atoms. The lowest BCUT2D eigenvalue weighted by molar-refractivity contribution is 0.443. The molecule has 0 fully saturated rings. The highest BCUT2D eigenvalue weighted by molar-refractivity contribution is 5.82. The van der Waals surface area contributed by atoms with Gasteiger partial charge in [-0.2, -0.15) is 15.4 Å². The third kappa shape index (κ3) is 3.11. The van der Waals surface area contributed by atoms with E-state index in [4.69, 9.17) is 0 Å². The Morgan fingerprint density at radius 1 is 0.960 bits per heavy atom. The summed E-state index contributed by atoms with van der Waals surface area (Å²) in [5.74, 6) is 1.12. The summed E-state index contributed by atoms with van der Waals surface area (Å²) in [6.45, 7) is 8.63. The molecular formula is C22H27N3. The van der Waals surface area contributed by atoms with Crippen LogP contribution in [-0.2, 0) is 6.42 Å². The molecule has 1 N–H and O–H groups in total. The molecule has 1 heterocycles. The first-order chi connectivity index (χ1) is 12.3. The zero-order chi connectivity index (χ0) is 17.8. The van der Waals surface area contributed by atoms with Crippen LogP contribution in [0.15, 0.2) is 48.5 Å². The van der Waals surface area contributed by atoms with Crippen molar-refractivity contribution in [2.75, 3.05) is 0 Å². The van der Waals surface area contributed by atoms with Gasteiger partial charge in [0.1, 0.15) is 11.4 Å². The van der Waals surface area contributed by atoms with E-state index in [2.05, 4.69) is 77.8 Å². The average molecular weight is 333 g/mol. The van der Waals surface area contributed by atoms with Gasteiger partial charge in [-0.25, -0.2) is 0 Å². The summed E-state index contributed by atoms with van der Waals surface area (Å²) in [5, 5.41) is 11.8. The predicted octanol–water partition coefficient (Wildman–Crippen LogP) is 5.85. The van der Waals surface area contributed by atoms with Gasteiger partial charge in [0, 0.05) is 11.1 Å². The van der Waals surface area contributed by atoms with Gasteiger partial charge in [-0.1, -0.05) is 82.6 Å². The fraction of sp³-hybridized carbons (Fsp3) is 0.364. The van der Waals surface area contributed by atoms with Gasteiger partial charge in [-0.05, 0) is 29.4 Å². The summed E-state index contributed by atoms with van der Waals surface area (Å²) in [4.78, 5) is 0. The highest BCUT2D eigenvalue weighted by Crippen LogP contribution is 2.42. The third-order valence-corrected chi connectivity index (χ3v) is 5.21. The SMILES string of the molecule is CC.CCC(C)C1Cc2ccccc2-c2n[nH]nc2-c2ccccc21. The molecular weight excluding hydrogens is 306 g/mol. The second-order valence-electron chi connectivity index (χ2n) is 6.46. The fourth-order valence-electron chi connectivity index (χ4n) is 3.71. The zero-order valence-electron chi connectivity index (χ0n) is 15.6. The Hall–Kier alpha value is -2.42. The van der Waals surface area contributed by atoms with Crippen LogP contribution in [0, 0.1) is 5.92 Å². The van der Waals surface area contributed by atoms with E-state index in [1.807, 2.05) is 13.8 Å². The zero-order valence-corrected chi connectivity index (χ0v) is 15.6. The van der Waals surface area contributed by atoms with E-state index in [0.29, 0.717) is 11.8 Å². The van der Waals surface area contributed by atoms with E-state index in [0.717, 1.165) is 17.8 Å². The first-order valence-electron chi connectivity index (χ1n) is 9.38. The van der Waals surface area contributed by atoms with Crippen LogP contribution in [0.5, 0.6) is 0 Å². The number of benzene rings is 2. The van der Waals surface area contributed by atoms with Gasteiger partial charge in [-0.15, -0.1) is 0 Å². The van der Waals surface area contributed by atoms with Crippen LogP contribution in [0.2, 0.25) is 0 Å². The topological polar surface area (TPSA) is 41.6 Å². The van der Waals surface area contributed by atoms with Gasteiger partial charge < -0.3 is 0 Å². The van der Waals surface area contributed by atoms with Crippen LogP contribution in [0.4, 0.5) is 0 Å². The summed E-state index contributed by atoms with van der Waals surface area (Å²) >= 11 is 0. The van der Waals surface area contributed by atoms with Crippen LogP contribution in [0.1, 0.15) is 51.2 Å². The minimum atomic E-state index is 0.502. The van der Waals surface area contributed by atoms with Crippen molar-refractivity contribution in [1.82, 2.24) is 15.4 Å². The highest BCUT2D eigenvalue weighted by atomic mass is 15.3.